The number of benzene rings is 1. The smallest absolute Gasteiger partial charge is 0.194 e. The third kappa shape index (κ3) is 2.53. The lowest BCUT2D eigenvalue weighted by Gasteiger charge is -2.09. The van der Waals surface area contributed by atoms with Crippen LogP contribution in [0, 0.1) is 12.7 Å². The van der Waals surface area contributed by atoms with Crippen LogP contribution in [0.2, 0.25) is 5.02 Å². The Hall–Kier alpha value is -0.970. The van der Waals surface area contributed by atoms with Crippen molar-refractivity contribution in [3.05, 3.63) is 34.1 Å². The van der Waals surface area contributed by atoms with E-state index in [1.807, 2.05) is 0 Å². The first-order valence-corrected chi connectivity index (χ1v) is 4.73. The molecule has 1 aromatic carbocycles. The first-order chi connectivity index (χ1) is 6.97. The van der Waals surface area contributed by atoms with Gasteiger partial charge in [0.25, 0.3) is 0 Å². The SMILES string of the molecule is Cc1cc(Cl)c(C(=O)C(O)CN)cc1F. The molecule has 0 saturated carbocycles. The molecule has 1 aromatic rings. The fourth-order valence-corrected chi connectivity index (χ4v) is 1.43. The van der Waals surface area contributed by atoms with E-state index in [1.54, 1.807) is 0 Å². The molecule has 0 aliphatic rings. The van der Waals surface area contributed by atoms with Crippen LogP contribution >= 0.6 is 11.6 Å². The Morgan fingerprint density at radius 1 is 1.67 bits per heavy atom. The summed E-state index contributed by atoms with van der Waals surface area (Å²) in [6, 6.07) is 2.35. The van der Waals surface area contributed by atoms with Crippen molar-refractivity contribution in [1.82, 2.24) is 0 Å². The summed E-state index contributed by atoms with van der Waals surface area (Å²) in [6.07, 6.45) is -1.34. The number of aliphatic hydroxyl groups is 1. The predicted octanol–water partition coefficient (Wildman–Crippen LogP) is 1.29. The summed E-state index contributed by atoms with van der Waals surface area (Å²) in [5, 5.41) is 9.33. The quantitative estimate of drug-likeness (QED) is 0.771. The molecule has 82 valence electrons. The van der Waals surface area contributed by atoms with Gasteiger partial charge in [0, 0.05) is 12.1 Å². The molecule has 0 aliphatic carbocycles. The monoisotopic (exact) mass is 231 g/mol. The minimum absolute atomic E-state index is 0.0438. The lowest BCUT2D eigenvalue weighted by atomic mass is 10.0. The summed E-state index contributed by atoms with van der Waals surface area (Å²) in [5.74, 6) is -1.20. The van der Waals surface area contributed by atoms with E-state index < -0.39 is 17.7 Å². The summed E-state index contributed by atoms with van der Waals surface area (Å²) in [7, 11) is 0. The van der Waals surface area contributed by atoms with Gasteiger partial charge in [-0.05, 0) is 24.6 Å². The Bertz CT molecular complexity index is 395. The lowest BCUT2D eigenvalue weighted by Crippen LogP contribution is -2.29. The molecule has 1 unspecified atom stereocenters. The van der Waals surface area contributed by atoms with Crippen molar-refractivity contribution in [3.63, 3.8) is 0 Å². The van der Waals surface area contributed by atoms with E-state index in [9.17, 15) is 14.3 Å². The molecule has 15 heavy (non-hydrogen) atoms. The van der Waals surface area contributed by atoms with Gasteiger partial charge in [-0.3, -0.25) is 4.79 Å². The van der Waals surface area contributed by atoms with Gasteiger partial charge in [0.1, 0.15) is 11.9 Å². The van der Waals surface area contributed by atoms with E-state index in [0.717, 1.165) is 6.07 Å². The van der Waals surface area contributed by atoms with E-state index in [1.165, 1.54) is 13.0 Å². The third-order valence-corrected chi connectivity index (χ3v) is 2.35. The molecule has 3 N–H and O–H groups in total. The van der Waals surface area contributed by atoms with Gasteiger partial charge in [-0.2, -0.15) is 0 Å². The summed E-state index contributed by atoms with van der Waals surface area (Å²) in [6.45, 7) is 1.32. The lowest BCUT2D eigenvalue weighted by molar-refractivity contribution is 0.0762. The molecular formula is C10H11ClFNO2. The molecule has 0 fully saturated rings. The van der Waals surface area contributed by atoms with Crippen LogP contribution in [0.5, 0.6) is 0 Å². The third-order valence-electron chi connectivity index (χ3n) is 2.04. The summed E-state index contributed by atoms with van der Waals surface area (Å²) in [5.41, 5.74) is 5.42. The van der Waals surface area contributed by atoms with Crippen molar-refractivity contribution in [1.29, 1.82) is 0 Å². The summed E-state index contributed by atoms with van der Waals surface area (Å²) in [4.78, 5) is 11.5. The second kappa shape index (κ2) is 4.70. The molecule has 0 bridgehead atoms. The number of rotatable bonds is 3. The summed E-state index contributed by atoms with van der Waals surface area (Å²) >= 11 is 5.76. The van der Waals surface area contributed by atoms with Crippen molar-refractivity contribution < 1.29 is 14.3 Å². The average molecular weight is 232 g/mol. The number of aliphatic hydroxyl groups excluding tert-OH is 1. The van der Waals surface area contributed by atoms with E-state index in [2.05, 4.69) is 0 Å². The molecule has 0 radical (unpaired) electrons. The second-order valence-corrected chi connectivity index (χ2v) is 3.60. The van der Waals surface area contributed by atoms with Crippen LogP contribution in [0.3, 0.4) is 0 Å². The van der Waals surface area contributed by atoms with Crippen molar-refractivity contribution in [2.75, 3.05) is 6.54 Å². The van der Waals surface area contributed by atoms with Gasteiger partial charge in [0.05, 0.1) is 5.02 Å². The van der Waals surface area contributed by atoms with Crippen molar-refractivity contribution >= 4 is 17.4 Å². The van der Waals surface area contributed by atoms with Gasteiger partial charge in [0.2, 0.25) is 0 Å². The number of nitrogens with two attached hydrogens (primary N) is 1. The number of carbonyl (C=O) groups excluding carboxylic acids is 1. The van der Waals surface area contributed by atoms with Crippen LogP contribution in [0.25, 0.3) is 0 Å². The Morgan fingerprint density at radius 3 is 2.80 bits per heavy atom. The van der Waals surface area contributed by atoms with Gasteiger partial charge in [0.15, 0.2) is 5.78 Å². The average Bonchev–Trinajstić information content (AvgIpc) is 2.21. The Kier molecular flexibility index (Phi) is 3.79. The zero-order valence-electron chi connectivity index (χ0n) is 8.13. The van der Waals surface area contributed by atoms with Crippen molar-refractivity contribution in [2.24, 2.45) is 5.73 Å². The van der Waals surface area contributed by atoms with E-state index in [0.29, 0.717) is 5.56 Å². The molecular weight excluding hydrogens is 221 g/mol. The highest BCUT2D eigenvalue weighted by Crippen LogP contribution is 2.21. The first kappa shape index (κ1) is 12.1. The fraction of sp³-hybridized carbons (Fsp3) is 0.300. The number of carbonyl (C=O) groups is 1. The van der Waals surface area contributed by atoms with E-state index in [4.69, 9.17) is 17.3 Å². The predicted molar refractivity (Wildman–Crippen MR) is 55.5 cm³/mol. The van der Waals surface area contributed by atoms with Gasteiger partial charge in [-0.1, -0.05) is 11.6 Å². The number of ketones is 1. The highest BCUT2D eigenvalue weighted by molar-refractivity contribution is 6.34. The van der Waals surface area contributed by atoms with Crippen LogP contribution < -0.4 is 5.73 Å². The zero-order valence-corrected chi connectivity index (χ0v) is 8.88. The largest absolute Gasteiger partial charge is 0.384 e. The normalized spacial score (nSPS) is 12.6. The van der Waals surface area contributed by atoms with Crippen molar-refractivity contribution in [2.45, 2.75) is 13.0 Å². The molecule has 0 spiro atoms. The van der Waals surface area contributed by atoms with Gasteiger partial charge < -0.3 is 10.8 Å². The maximum atomic E-state index is 13.2. The maximum Gasteiger partial charge on any atom is 0.194 e. The van der Waals surface area contributed by atoms with Crippen LogP contribution in [-0.2, 0) is 0 Å². The van der Waals surface area contributed by atoms with Crippen LogP contribution in [0.15, 0.2) is 12.1 Å². The standard InChI is InChI=1S/C10H11ClFNO2/c1-5-2-7(11)6(3-8(5)12)10(15)9(14)4-13/h2-3,9,14H,4,13H2,1H3. The first-order valence-electron chi connectivity index (χ1n) is 4.35. The molecule has 0 aromatic heterocycles. The highest BCUT2D eigenvalue weighted by atomic mass is 35.5. The van der Waals surface area contributed by atoms with Gasteiger partial charge >= 0.3 is 0 Å². The highest BCUT2D eigenvalue weighted by Gasteiger charge is 2.19. The Morgan fingerprint density at radius 2 is 2.27 bits per heavy atom. The molecule has 1 rings (SSSR count). The fourth-order valence-electron chi connectivity index (χ4n) is 1.12. The van der Waals surface area contributed by atoms with Crippen LogP contribution in [-0.4, -0.2) is 23.5 Å². The minimum Gasteiger partial charge on any atom is -0.384 e. The Balaban J connectivity index is 3.15. The molecule has 0 aliphatic heterocycles. The molecule has 5 heteroatoms. The maximum absolute atomic E-state index is 13.2. The zero-order chi connectivity index (χ0) is 11.6. The van der Waals surface area contributed by atoms with Crippen LogP contribution in [0.4, 0.5) is 4.39 Å². The molecule has 0 heterocycles. The van der Waals surface area contributed by atoms with E-state index in [-0.39, 0.29) is 17.1 Å². The Labute approximate surface area is 91.7 Å². The topological polar surface area (TPSA) is 63.3 Å². The molecule has 0 amide bonds. The van der Waals surface area contributed by atoms with E-state index >= 15 is 0 Å². The number of Topliss-reactive ketones (excluding diaryl/α,β-unsaturated/α-hetero) is 1. The van der Waals surface area contributed by atoms with Gasteiger partial charge in [-0.25, -0.2) is 4.39 Å². The second-order valence-electron chi connectivity index (χ2n) is 3.20. The number of hydrogen-bond acceptors (Lipinski definition) is 3. The summed E-state index contributed by atoms with van der Waals surface area (Å²) < 4.78 is 13.2. The minimum atomic E-state index is -1.34. The van der Waals surface area contributed by atoms with Crippen molar-refractivity contribution in [3.8, 4) is 0 Å². The molecule has 3 nitrogen and oxygen atoms in total. The van der Waals surface area contributed by atoms with Gasteiger partial charge in [-0.15, -0.1) is 0 Å². The van der Waals surface area contributed by atoms with Crippen LogP contribution in [0.1, 0.15) is 15.9 Å². The number of aryl methyl sites for hydroxylation is 1. The number of hydrogen-bond donors (Lipinski definition) is 2. The molecule has 0 saturated heterocycles. The number of halogens is 2. The molecule has 1 atom stereocenters.